The molecule has 10 heteroatoms. The van der Waals surface area contributed by atoms with Crippen LogP contribution in [0.2, 0.25) is 10.0 Å². The predicted molar refractivity (Wildman–Crippen MR) is 187 cm³/mol. The van der Waals surface area contributed by atoms with Crippen LogP contribution in [0.4, 0.5) is 0 Å². The Morgan fingerprint density at radius 2 is 1.85 bits per heavy atom. The Balaban J connectivity index is 1.32. The monoisotopic (exact) mass is 732 g/mol. The van der Waals surface area contributed by atoms with E-state index in [2.05, 4.69) is 40.2 Å². The molecule has 1 aromatic heterocycles. The van der Waals surface area contributed by atoms with Crippen molar-refractivity contribution in [2.24, 2.45) is 4.99 Å². The van der Waals surface area contributed by atoms with Gasteiger partial charge in [-0.15, -0.1) is 0 Å². The van der Waals surface area contributed by atoms with Gasteiger partial charge in [0, 0.05) is 21.2 Å². The van der Waals surface area contributed by atoms with Gasteiger partial charge in [0.2, 0.25) is 0 Å². The van der Waals surface area contributed by atoms with Crippen molar-refractivity contribution in [3.05, 3.63) is 146 Å². The first kappa shape index (κ1) is 30.8. The number of aromatic nitrogens is 1. The Kier molecular flexibility index (Phi) is 8.55. The van der Waals surface area contributed by atoms with E-state index in [1.807, 2.05) is 53.1 Å². The maximum atomic E-state index is 14.2. The number of thiazole rings is 1. The van der Waals surface area contributed by atoms with E-state index < -0.39 is 0 Å². The van der Waals surface area contributed by atoms with Crippen LogP contribution in [-0.2, 0) is 13.0 Å². The number of methoxy groups -OCH3 is 2. The highest BCUT2D eigenvalue weighted by atomic mass is 79.9. The van der Waals surface area contributed by atoms with Crippen LogP contribution in [-0.4, -0.2) is 18.8 Å². The molecule has 1 aliphatic carbocycles. The second kappa shape index (κ2) is 12.8. The number of fused-ring (bicyclic) bond motifs is 3. The van der Waals surface area contributed by atoms with Gasteiger partial charge >= 0.3 is 0 Å². The molecule has 0 fully saturated rings. The summed E-state index contributed by atoms with van der Waals surface area (Å²) in [5.41, 5.74) is 6.94. The maximum Gasteiger partial charge on any atom is 0.271 e. The zero-order chi connectivity index (χ0) is 31.9. The van der Waals surface area contributed by atoms with E-state index >= 15 is 0 Å². The van der Waals surface area contributed by atoms with E-state index in [0.717, 1.165) is 52.1 Å². The number of rotatable bonds is 7. The van der Waals surface area contributed by atoms with Gasteiger partial charge in [-0.05, 0) is 93.5 Å². The quantitative estimate of drug-likeness (QED) is 0.170. The van der Waals surface area contributed by atoms with Crippen LogP contribution >= 0.6 is 50.5 Å². The molecule has 2 aliphatic rings. The van der Waals surface area contributed by atoms with Gasteiger partial charge in [-0.2, -0.15) is 0 Å². The smallest absolute Gasteiger partial charge is 0.271 e. The van der Waals surface area contributed by atoms with Crippen LogP contribution < -0.4 is 29.1 Å². The van der Waals surface area contributed by atoms with Crippen LogP contribution in [0.25, 0.3) is 11.8 Å². The number of allylic oxidation sites excluding steroid dienone is 1. The number of hydrogen-bond donors (Lipinski definition) is 0. The second-order valence-electron chi connectivity index (χ2n) is 10.9. The third-order valence-corrected chi connectivity index (χ3v) is 10.4. The zero-order valence-electron chi connectivity index (χ0n) is 24.9. The highest BCUT2D eigenvalue weighted by molar-refractivity contribution is 9.10. The number of benzene rings is 4. The van der Waals surface area contributed by atoms with Crippen molar-refractivity contribution in [3.63, 3.8) is 0 Å². The summed E-state index contributed by atoms with van der Waals surface area (Å²) in [7, 11) is 3.24. The van der Waals surface area contributed by atoms with E-state index in [-0.39, 0.29) is 18.2 Å². The first-order valence-corrected chi connectivity index (χ1v) is 16.9. The molecular formula is C36H27BrCl2N2O4S. The second-order valence-corrected chi connectivity index (χ2v) is 13.7. The van der Waals surface area contributed by atoms with Crippen LogP contribution in [0.5, 0.6) is 17.2 Å². The SMILES string of the molecule is COc1cccc([C@H]2C3=C(N=c4s/c(=C/c5cc(Br)c(OCc6ccc(Cl)cc6Cl)c(OC)c5)c(=O)n42)c2ccccc2CC3)c1. The van der Waals surface area contributed by atoms with Crippen molar-refractivity contribution >= 4 is 62.2 Å². The third kappa shape index (κ3) is 5.68. The molecular weight excluding hydrogens is 707 g/mol. The van der Waals surface area contributed by atoms with Gasteiger partial charge in [0.25, 0.3) is 5.56 Å². The summed E-state index contributed by atoms with van der Waals surface area (Å²) >= 11 is 17.4. The zero-order valence-corrected chi connectivity index (χ0v) is 28.8. The minimum absolute atomic E-state index is 0.102. The predicted octanol–water partition coefficient (Wildman–Crippen LogP) is 7.98. The summed E-state index contributed by atoms with van der Waals surface area (Å²) in [5, 5.41) is 1.08. The van der Waals surface area contributed by atoms with Crippen molar-refractivity contribution in [3.8, 4) is 17.2 Å². The fourth-order valence-corrected chi connectivity index (χ4v) is 8.08. The Labute approximate surface area is 287 Å². The topological polar surface area (TPSA) is 62.0 Å². The number of hydrogen-bond acceptors (Lipinski definition) is 6. The molecule has 1 aliphatic heterocycles. The van der Waals surface area contributed by atoms with Gasteiger partial charge in [0.15, 0.2) is 16.3 Å². The van der Waals surface area contributed by atoms with Crippen molar-refractivity contribution in [1.29, 1.82) is 0 Å². The molecule has 7 rings (SSSR count). The Bertz CT molecular complexity index is 2230. The Morgan fingerprint density at radius 3 is 2.65 bits per heavy atom. The first-order valence-electron chi connectivity index (χ1n) is 14.6. The number of nitrogens with zero attached hydrogens (tertiary/aromatic N) is 2. The van der Waals surface area contributed by atoms with Crippen molar-refractivity contribution in [2.75, 3.05) is 14.2 Å². The molecule has 232 valence electrons. The van der Waals surface area contributed by atoms with E-state index in [0.29, 0.717) is 35.4 Å². The van der Waals surface area contributed by atoms with Crippen molar-refractivity contribution in [2.45, 2.75) is 25.5 Å². The third-order valence-electron chi connectivity index (χ3n) is 8.22. The van der Waals surface area contributed by atoms with Gasteiger partial charge < -0.3 is 14.2 Å². The lowest BCUT2D eigenvalue weighted by molar-refractivity contribution is 0.282. The summed E-state index contributed by atoms with van der Waals surface area (Å²) in [5.74, 6) is 1.78. The molecule has 0 bridgehead atoms. The number of halogens is 3. The summed E-state index contributed by atoms with van der Waals surface area (Å²) in [4.78, 5) is 20.0. The lowest BCUT2D eigenvalue weighted by Crippen LogP contribution is -2.38. The number of ether oxygens (including phenoxy) is 3. The van der Waals surface area contributed by atoms with Crippen LogP contribution in [0, 0.1) is 0 Å². The molecule has 2 heterocycles. The van der Waals surface area contributed by atoms with Gasteiger partial charge in [-0.1, -0.05) is 77.0 Å². The molecule has 4 aromatic carbocycles. The van der Waals surface area contributed by atoms with Crippen LogP contribution in [0.1, 0.15) is 40.3 Å². The van der Waals surface area contributed by atoms with Crippen molar-refractivity contribution < 1.29 is 14.2 Å². The largest absolute Gasteiger partial charge is 0.497 e. The Morgan fingerprint density at radius 1 is 1.00 bits per heavy atom. The molecule has 0 unspecified atom stereocenters. The molecule has 0 amide bonds. The summed E-state index contributed by atoms with van der Waals surface area (Å²) in [6.07, 6.45) is 3.58. The maximum absolute atomic E-state index is 14.2. The minimum Gasteiger partial charge on any atom is -0.497 e. The molecule has 6 nitrogen and oxygen atoms in total. The molecule has 46 heavy (non-hydrogen) atoms. The van der Waals surface area contributed by atoms with E-state index in [9.17, 15) is 4.79 Å². The molecule has 0 spiro atoms. The average molecular weight is 734 g/mol. The van der Waals surface area contributed by atoms with Crippen LogP contribution in [0.3, 0.4) is 0 Å². The molecule has 0 radical (unpaired) electrons. The average Bonchev–Trinajstić information content (AvgIpc) is 3.37. The highest BCUT2D eigenvalue weighted by Crippen LogP contribution is 2.42. The molecule has 0 saturated heterocycles. The molecule has 5 aromatic rings. The van der Waals surface area contributed by atoms with Crippen molar-refractivity contribution in [1.82, 2.24) is 4.57 Å². The molecule has 0 N–H and O–H groups in total. The fraction of sp³-hybridized carbons (Fsp3) is 0.167. The molecule has 1 atom stereocenters. The fourth-order valence-electron chi connectivity index (χ4n) is 6.04. The van der Waals surface area contributed by atoms with E-state index in [4.69, 9.17) is 42.4 Å². The summed E-state index contributed by atoms with van der Waals surface area (Å²) in [6.45, 7) is 0.223. The lowest BCUT2D eigenvalue weighted by atomic mass is 9.83. The number of aryl methyl sites for hydroxylation is 1. The minimum atomic E-state index is -0.298. The molecule has 0 saturated carbocycles. The van der Waals surface area contributed by atoms with Gasteiger partial charge in [0.05, 0.1) is 35.0 Å². The summed E-state index contributed by atoms with van der Waals surface area (Å²) in [6, 6.07) is 25.1. The normalized spacial score (nSPS) is 15.5. The van der Waals surface area contributed by atoms with Crippen LogP contribution in [0.15, 0.2) is 98.7 Å². The lowest BCUT2D eigenvalue weighted by Gasteiger charge is -2.31. The summed E-state index contributed by atoms with van der Waals surface area (Å²) < 4.78 is 20.5. The highest BCUT2D eigenvalue weighted by Gasteiger charge is 2.32. The van der Waals surface area contributed by atoms with E-state index in [1.165, 1.54) is 16.9 Å². The van der Waals surface area contributed by atoms with E-state index in [1.54, 1.807) is 26.4 Å². The van der Waals surface area contributed by atoms with Gasteiger partial charge in [-0.3, -0.25) is 9.36 Å². The Hall–Kier alpha value is -3.82. The first-order chi connectivity index (χ1) is 22.3. The van der Waals surface area contributed by atoms with Gasteiger partial charge in [-0.25, -0.2) is 4.99 Å². The standard InChI is InChI=1S/C36H27BrCl2N2O4S/c1-43-25-8-5-7-22(17-25)33-27-13-11-21-6-3-4-9-26(21)32(27)40-36-41(33)35(42)31(46-36)16-20-14-28(37)34(30(15-20)44-2)45-19-23-10-12-24(38)18-29(23)39/h3-10,12,14-18,33H,11,13,19H2,1-2H3/b31-16+/t33-/m0/s1. The van der Waals surface area contributed by atoms with Gasteiger partial charge in [0.1, 0.15) is 12.4 Å².